The SMILES string of the molecule is Cc1noc(C)c1CN(C)S(=O)(=O)c1ccn[nH]1. The first-order valence-electron chi connectivity index (χ1n) is 5.30. The van der Waals surface area contributed by atoms with Crippen LogP contribution in [-0.2, 0) is 16.6 Å². The molecule has 0 amide bonds. The number of nitrogens with one attached hydrogen (secondary N) is 1. The highest BCUT2D eigenvalue weighted by molar-refractivity contribution is 7.89. The van der Waals surface area contributed by atoms with Crippen molar-refractivity contribution in [1.82, 2.24) is 19.7 Å². The predicted octanol–water partition coefficient (Wildman–Crippen LogP) is 0.835. The third kappa shape index (κ3) is 2.16. The van der Waals surface area contributed by atoms with Crippen molar-refractivity contribution in [3.63, 3.8) is 0 Å². The van der Waals surface area contributed by atoms with E-state index < -0.39 is 10.0 Å². The number of aryl methyl sites for hydroxylation is 2. The second-order valence-corrected chi connectivity index (χ2v) is 6.00. The summed E-state index contributed by atoms with van der Waals surface area (Å²) in [4.78, 5) is 0. The monoisotopic (exact) mass is 270 g/mol. The number of hydrogen-bond donors (Lipinski definition) is 1. The average molecular weight is 270 g/mol. The van der Waals surface area contributed by atoms with Gasteiger partial charge in [-0.3, -0.25) is 5.10 Å². The average Bonchev–Trinajstić information content (AvgIpc) is 2.94. The van der Waals surface area contributed by atoms with Crippen molar-refractivity contribution in [2.24, 2.45) is 0 Å². The van der Waals surface area contributed by atoms with Crippen LogP contribution in [0.1, 0.15) is 17.0 Å². The number of rotatable bonds is 4. The summed E-state index contributed by atoms with van der Waals surface area (Å²) in [6.07, 6.45) is 1.40. The fourth-order valence-electron chi connectivity index (χ4n) is 1.59. The van der Waals surface area contributed by atoms with Gasteiger partial charge in [0.05, 0.1) is 11.9 Å². The van der Waals surface area contributed by atoms with Crippen LogP contribution in [0.2, 0.25) is 0 Å². The van der Waals surface area contributed by atoms with Crippen molar-refractivity contribution in [2.75, 3.05) is 7.05 Å². The van der Waals surface area contributed by atoms with Crippen LogP contribution in [0.5, 0.6) is 0 Å². The van der Waals surface area contributed by atoms with Crippen molar-refractivity contribution in [3.05, 3.63) is 29.3 Å². The molecule has 0 saturated heterocycles. The van der Waals surface area contributed by atoms with Crippen LogP contribution in [0.15, 0.2) is 21.8 Å². The van der Waals surface area contributed by atoms with Crippen molar-refractivity contribution >= 4 is 10.0 Å². The molecule has 0 bridgehead atoms. The maximum atomic E-state index is 12.1. The molecule has 98 valence electrons. The zero-order chi connectivity index (χ0) is 13.3. The minimum atomic E-state index is -3.56. The van der Waals surface area contributed by atoms with Gasteiger partial charge in [0.25, 0.3) is 10.0 Å². The topological polar surface area (TPSA) is 92.1 Å². The van der Waals surface area contributed by atoms with E-state index in [1.807, 2.05) is 0 Å². The summed E-state index contributed by atoms with van der Waals surface area (Å²) >= 11 is 0. The summed E-state index contributed by atoms with van der Waals surface area (Å²) in [5.41, 5.74) is 1.47. The van der Waals surface area contributed by atoms with Gasteiger partial charge in [0, 0.05) is 19.2 Å². The van der Waals surface area contributed by atoms with Gasteiger partial charge in [-0.05, 0) is 19.9 Å². The third-order valence-electron chi connectivity index (χ3n) is 2.73. The highest BCUT2D eigenvalue weighted by Gasteiger charge is 2.24. The highest BCUT2D eigenvalue weighted by Crippen LogP contribution is 2.18. The molecule has 0 aliphatic rings. The van der Waals surface area contributed by atoms with Gasteiger partial charge in [-0.25, -0.2) is 8.42 Å². The molecular formula is C10H14N4O3S. The molecule has 18 heavy (non-hydrogen) atoms. The Balaban J connectivity index is 2.26. The van der Waals surface area contributed by atoms with Crippen LogP contribution in [-0.4, -0.2) is 35.1 Å². The quantitative estimate of drug-likeness (QED) is 0.888. The lowest BCUT2D eigenvalue weighted by Crippen LogP contribution is -2.27. The normalized spacial score (nSPS) is 12.2. The Hall–Kier alpha value is -1.67. The number of H-pyrrole nitrogens is 1. The minimum absolute atomic E-state index is 0.0664. The molecule has 2 aromatic heterocycles. The molecule has 2 aromatic rings. The Bertz CT molecular complexity index is 611. The van der Waals surface area contributed by atoms with Gasteiger partial charge in [0.15, 0.2) is 5.03 Å². The zero-order valence-corrected chi connectivity index (χ0v) is 11.2. The zero-order valence-electron chi connectivity index (χ0n) is 10.3. The molecule has 2 rings (SSSR count). The van der Waals surface area contributed by atoms with Crippen LogP contribution >= 0.6 is 0 Å². The number of aromatic amines is 1. The molecule has 7 nitrogen and oxygen atoms in total. The molecular weight excluding hydrogens is 256 g/mol. The van der Waals surface area contributed by atoms with Gasteiger partial charge in [0.2, 0.25) is 0 Å². The molecule has 0 aliphatic heterocycles. The maximum Gasteiger partial charge on any atom is 0.260 e. The molecule has 0 aromatic carbocycles. The van der Waals surface area contributed by atoms with E-state index in [4.69, 9.17) is 4.52 Å². The number of nitrogens with zero attached hydrogens (tertiary/aromatic N) is 3. The molecule has 0 saturated carbocycles. The summed E-state index contributed by atoms with van der Waals surface area (Å²) in [6, 6.07) is 1.42. The fourth-order valence-corrected chi connectivity index (χ4v) is 2.63. The maximum absolute atomic E-state index is 12.1. The van der Waals surface area contributed by atoms with Crippen molar-refractivity contribution in [2.45, 2.75) is 25.4 Å². The lowest BCUT2D eigenvalue weighted by atomic mass is 10.2. The molecule has 8 heteroatoms. The van der Waals surface area contributed by atoms with Gasteiger partial charge >= 0.3 is 0 Å². The standard InChI is InChI=1S/C10H14N4O3S/c1-7-9(8(2)17-13-7)6-14(3)18(15,16)10-4-5-11-12-10/h4-5H,6H2,1-3H3,(H,11,12). The van der Waals surface area contributed by atoms with Crippen LogP contribution in [0.4, 0.5) is 0 Å². The Labute approximate surface area is 105 Å². The van der Waals surface area contributed by atoms with Crippen LogP contribution in [0.25, 0.3) is 0 Å². The lowest BCUT2D eigenvalue weighted by molar-refractivity contribution is 0.390. The minimum Gasteiger partial charge on any atom is -0.361 e. The van der Waals surface area contributed by atoms with E-state index in [9.17, 15) is 8.42 Å². The smallest absolute Gasteiger partial charge is 0.260 e. The number of aromatic nitrogens is 3. The summed E-state index contributed by atoms with van der Waals surface area (Å²) in [5, 5.41) is 9.95. The van der Waals surface area contributed by atoms with Gasteiger partial charge < -0.3 is 4.52 Å². The predicted molar refractivity (Wildman–Crippen MR) is 63.2 cm³/mol. The van der Waals surface area contributed by atoms with Crippen molar-refractivity contribution < 1.29 is 12.9 Å². The van der Waals surface area contributed by atoms with Gasteiger partial charge in [0.1, 0.15) is 5.76 Å². The van der Waals surface area contributed by atoms with E-state index in [0.717, 1.165) is 5.56 Å². The molecule has 1 N–H and O–H groups in total. The Morgan fingerprint density at radius 2 is 2.17 bits per heavy atom. The van der Waals surface area contributed by atoms with E-state index in [2.05, 4.69) is 15.4 Å². The first-order valence-corrected chi connectivity index (χ1v) is 6.74. The fraction of sp³-hybridized carbons (Fsp3) is 0.400. The van der Waals surface area contributed by atoms with Crippen molar-refractivity contribution in [3.8, 4) is 0 Å². The largest absolute Gasteiger partial charge is 0.361 e. The first kappa shape index (κ1) is 12.8. The van der Waals surface area contributed by atoms with Crippen LogP contribution < -0.4 is 0 Å². The highest BCUT2D eigenvalue weighted by atomic mass is 32.2. The second-order valence-electron chi connectivity index (χ2n) is 3.98. The van der Waals surface area contributed by atoms with Gasteiger partial charge in [-0.1, -0.05) is 5.16 Å². The molecule has 0 radical (unpaired) electrons. The lowest BCUT2D eigenvalue weighted by Gasteiger charge is -2.15. The molecule has 2 heterocycles. The van der Waals surface area contributed by atoms with Gasteiger partial charge in [-0.15, -0.1) is 0 Å². The number of hydrogen-bond acceptors (Lipinski definition) is 5. The van der Waals surface area contributed by atoms with Crippen molar-refractivity contribution in [1.29, 1.82) is 0 Å². The summed E-state index contributed by atoms with van der Waals surface area (Å²) in [5.74, 6) is 0.624. The first-order chi connectivity index (χ1) is 8.43. The molecule has 0 unspecified atom stereocenters. The summed E-state index contributed by atoms with van der Waals surface area (Å²) in [6.45, 7) is 3.75. The van der Waals surface area contributed by atoms with E-state index in [1.165, 1.54) is 23.6 Å². The van der Waals surface area contributed by atoms with E-state index in [0.29, 0.717) is 11.5 Å². The summed E-state index contributed by atoms with van der Waals surface area (Å²) in [7, 11) is -2.06. The van der Waals surface area contributed by atoms with Gasteiger partial charge in [-0.2, -0.15) is 9.40 Å². The molecule has 0 aliphatic carbocycles. The van der Waals surface area contributed by atoms with E-state index in [1.54, 1.807) is 13.8 Å². The number of sulfonamides is 1. The molecule has 0 atom stereocenters. The third-order valence-corrected chi connectivity index (χ3v) is 4.46. The molecule has 0 fully saturated rings. The van der Waals surface area contributed by atoms with E-state index >= 15 is 0 Å². The van der Waals surface area contributed by atoms with Crippen LogP contribution in [0.3, 0.4) is 0 Å². The second kappa shape index (κ2) is 4.54. The molecule has 0 spiro atoms. The Morgan fingerprint density at radius 1 is 1.44 bits per heavy atom. The van der Waals surface area contributed by atoms with E-state index in [-0.39, 0.29) is 11.6 Å². The summed E-state index contributed by atoms with van der Waals surface area (Å²) < 4.78 is 30.5. The Morgan fingerprint density at radius 3 is 2.67 bits per heavy atom. The van der Waals surface area contributed by atoms with Crippen LogP contribution in [0, 0.1) is 13.8 Å². The Kier molecular flexibility index (Phi) is 3.22.